The quantitative estimate of drug-likeness (QED) is 0.506. The first-order valence-corrected chi connectivity index (χ1v) is 10.9. The van der Waals surface area contributed by atoms with Crippen LogP contribution in [0.5, 0.6) is 11.5 Å². The summed E-state index contributed by atoms with van der Waals surface area (Å²) in [6.07, 6.45) is 6.99. The molecule has 30 heavy (non-hydrogen) atoms. The highest BCUT2D eigenvalue weighted by Crippen LogP contribution is 2.27. The van der Waals surface area contributed by atoms with Crippen LogP contribution < -0.4 is 15.2 Å². The predicted molar refractivity (Wildman–Crippen MR) is 116 cm³/mol. The Hall–Kier alpha value is -2.16. The first kappa shape index (κ1) is 22.5. The van der Waals surface area contributed by atoms with Crippen LogP contribution in [0.2, 0.25) is 0 Å². The average Bonchev–Trinajstić information content (AvgIpc) is 2.73. The molecule has 0 spiro atoms. The van der Waals surface area contributed by atoms with Crippen LogP contribution >= 0.6 is 15.9 Å². The van der Waals surface area contributed by atoms with E-state index in [1.807, 2.05) is 6.07 Å². The standard InChI is InChI=1S/C22H27BrN2O5/c23-18-8-4-5-9-19(18)29-14-20(24)22(28,21(26)27)13-15-12-17(10-11-25-15)30-16-6-2-1-3-7-16/h4-5,8-12,16,20,28H,1-3,6-7,13-14,24H2,(H,26,27)/t20-,22+/m0/s1. The summed E-state index contributed by atoms with van der Waals surface area (Å²) in [7, 11) is 0. The number of hydrogen-bond acceptors (Lipinski definition) is 6. The molecule has 0 radical (unpaired) electrons. The number of nitrogens with zero attached hydrogens (tertiary/aromatic N) is 1. The fraction of sp³-hybridized carbons (Fsp3) is 0.455. The Bertz CT molecular complexity index is 859. The lowest BCUT2D eigenvalue weighted by molar-refractivity contribution is -0.161. The maximum Gasteiger partial charge on any atom is 0.337 e. The molecule has 0 amide bonds. The number of pyridine rings is 1. The molecule has 8 heteroatoms. The minimum Gasteiger partial charge on any atom is -0.491 e. The van der Waals surface area contributed by atoms with Crippen molar-refractivity contribution in [2.75, 3.05) is 6.61 Å². The van der Waals surface area contributed by atoms with Gasteiger partial charge >= 0.3 is 5.97 Å². The van der Waals surface area contributed by atoms with E-state index in [0.717, 1.165) is 25.7 Å². The van der Waals surface area contributed by atoms with Crippen LogP contribution in [0.4, 0.5) is 0 Å². The van der Waals surface area contributed by atoms with Gasteiger partial charge < -0.3 is 25.4 Å². The number of carboxylic acid groups (broad SMARTS) is 1. The summed E-state index contributed by atoms with van der Waals surface area (Å²) in [5.74, 6) is -0.287. The number of para-hydroxylation sites is 1. The van der Waals surface area contributed by atoms with Gasteiger partial charge in [-0.15, -0.1) is 0 Å². The van der Waals surface area contributed by atoms with Crippen molar-refractivity contribution in [3.05, 3.63) is 52.8 Å². The summed E-state index contributed by atoms with van der Waals surface area (Å²) in [5, 5.41) is 20.6. The molecule has 0 bridgehead atoms. The van der Waals surface area contributed by atoms with Crippen LogP contribution in [0.3, 0.4) is 0 Å². The summed E-state index contributed by atoms with van der Waals surface area (Å²) in [5.41, 5.74) is 4.21. The van der Waals surface area contributed by atoms with Crippen molar-refractivity contribution in [1.82, 2.24) is 4.98 Å². The predicted octanol–water partition coefficient (Wildman–Crippen LogP) is 3.32. The average molecular weight is 479 g/mol. The number of aliphatic carboxylic acids is 1. The molecule has 1 aliphatic rings. The smallest absolute Gasteiger partial charge is 0.337 e. The van der Waals surface area contributed by atoms with Gasteiger partial charge in [-0.25, -0.2) is 4.79 Å². The molecule has 2 atom stereocenters. The summed E-state index contributed by atoms with van der Waals surface area (Å²) < 4.78 is 12.3. The van der Waals surface area contributed by atoms with E-state index in [1.165, 1.54) is 6.42 Å². The number of carbonyl (C=O) groups is 1. The van der Waals surface area contributed by atoms with Gasteiger partial charge in [-0.05, 0) is 59.8 Å². The Balaban J connectivity index is 1.68. The zero-order valence-corrected chi connectivity index (χ0v) is 18.3. The van der Waals surface area contributed by atoms with Crippen molar-refractivity contribution in [3.8, 4) is 11.5 Å². The van der Waals surface area contributed by atoms with Crippen molar-refractivity contribution in [1.29, 1.82) is 0 Å². The molecule has 4 N–H and O–H groups in total. The zero-order chi connectivity index (χ0) is 21.6. The Morgan fingerprint density at radius 3 is 2.70 bits per heavy atom. The van der Waals surface area contributed by atoms with Crippen molar-refractivity contribution >= 4 is 21.9 Å². The van der Waals surface area contributed by atoms with Crippen molar-refractivity contribution < 1.29 is 24.5 Å². The molecular formula is C22H27BrN2O5. The minimum atomic E-state index is -2.24. The van der Waals surface area contributed by atoms with E-state index in [9.17, 15) is 15.0 Å². The zero-order valence-electron chi connectivity index (χ0n) is 16.7. The minimum absolute atomic E-state index is 0.160. The van der Waals surface area contributed by atoms with Gasteiger partial charge in [0, 0.05) is 24.4 Å². The Morgan fingerprint density at radius 2 is 2.00 bits per heavy atom. The number of ether oxygens (including phenoxy) is 2. The highest BCUT2D eigenvalue weighted by Gasteiger charge is 2.43. The maximum atomic E-state index is 11.9. The molecule has 1 aromatic heterocycles. The molecule has 1 saturated carbocycles. The van der Waals surface area contributed by atoms with Crippen LogP contribution in [0.25, 0.3) is 0 Å². The topological polar surface area (TPSA) is 115 Å². The number of benzene rings is 1. The normalized spacial score (nSPS) is 17.7. The molecule has 162 valence electrons. The van der Waals surface area contributed by atoms with Gasteiger partial charge in [0.25, 0.3) is 0 Å². The molecule has 2 aromatic rings. The SMILES string of the molecule is N[C@@H](COc1ccccc1Br)[C@](O)(Cc1cc(OC2CCCCC2)ccn1)C(=O)O. The maximum absolute atomic E-state index is 11.9. The first-order chi connectivity index (χ1) is 14.4. The van der Waals surface area contributed by atoms with Gasteiger partial charge in [0.2, 0.25) is 0 Å². The highest BCUT2D eigenvalue weighted by atomic mass is 79.9. The summed E-state index contributed by atoms with van der Waals surface area (Å²) in [6.45, 7) is -0.177. The lowest BCUT2D eigenvalue weighted by atomic mass is 9.89. The highest BCUT2D eigenvalue weighted by molar-refractivity contribution is 9.10. The molecule has 1 aromatic carbocycles. The molecule has 1 heterocycles. The third-order valence-electron chi connectivity index (χ3n) is 5.33. The lowest BCUT2D eigenvalue weighted by Gasteiger charge is -2.30. The largest absolute Gasteiger partial charge is 0.491 e. The van der Waals surface area contributed by atoms with E-state index in [0.29, 0.717) is 21.7 Å². The van der Waals surface area contributed by atoms with Gasteiger partial charge in [-0.3, -0.25) is 4.98 Å². The van der Waals surface area contributed by atoms with Crippen LogP contribution in [0, 0.1) is 0 Å². The molecule has 1 aliphatic carbocycles. The van der Waals surface area contributed by atoms with Crippen LogP contribution in [0.1, 0.15) is 37.8 Å². The second-order valence-electron chi connectivity index (χ2n) is 7.61. The van der Waals surface area contributed by atoms with Crippen LogP contribution in [0.15, 0.2) is 47.1 Å². The number of aliphatic hydroxyl groups is 1. The molecular weight excluding hydrogens is 452 g/mol. The molecule has 3 rings (SSSR count). The van der Waals surface area contributed by atoms with Crippen molar-refractivity contribution in [3.63, 3.8) is 0 Å². The Kier molecular flexibility index (Phi) is 7.69. The Morgan fingerprint density at radius 1 is 1.27 bits per heavy atom. The number of carboxylic acids is 1. The van der Waals surface area contributed by atoms with E-state index in [4.69, 9.17) is 15.2 Å². The van der Waals surface area contributed by atoms with Gasteiger partial charge in [-0.2, -0.15) is 0 Å². The molecule has 1 fully saturated rings. The van der Waals surface area contributed by atoms with Gasteiger partial charge in [0.05, 0.1) is 16.6 Å². The lowest BCUT2D eigenvalue weighted by Crippen LogP contribution is -2.58. The second-order valence-corrected chi connectivity index (χ2v) is 8.47. The molecule has 7 nitrogen and oxygen atoms in total. The summed E-state index contributed by atoms with van der Waals surface area (Å²) in [4.78, 5) is 16.1. The monoisotopic (exact) mass is 478 g/mol. The van der Waals surface area contributed by atoms with Gasteiger partial charge in [-0.1, -0.05) is 18.6 Å². The third kappa shape index (κ3) is 5.71. The summed E-state index contributed by atoms with van der Waals surface area (Å²) in [6, 6.07) is 9.38. The van der Waals surface area contributed by atoms with E-state index in [1.54, 1.807) is 36.5 Å². The van der Waals surface area contributed by atoms with E-state index >= 15 is 0 Å². The van der Waals surface area contributed by atoms with Crippen molar-refractivity contribution in [2.24, 2.45) is 5.73 Å². The Labute approximate surface area is 184 Å². The fourth-order valence-corrected chi connectivity index (χ4v) is 3.92. The number of nitrogens with two attached hydrogens (primary N) is 1. The first-order valence-electron chi connectivity index (χ1n) is 10.1. The molecule has 0 aliphatic heterocycles. The van der Waals surface area contributed by atoms with E-state index in [2.05, 4.69) is 20.9 Å². The molecule has 0 unspecified atom stereocenters. The summed E-state index contributed by atoms with van der Waals surface area (Å²) >= 11 is 3.36. The van der Waals surface area contributed by atoms with Crippen LogP contribution in [-0.4, -0.2) is 45.5 Å². The van der Waals surface area contributed by atoms with Crippen molar-refractivity contribution in [2.45, 2.75) is 56.3 Å². The third-order valence-corrected chi connectivity index (χ3v) is 5.99. The van der Waals surface area contributed by atoms with E-state index in [-0.39, 0.29) is 19.1 Å². The second kappa shape index (κ2) is 10.2. The fourth-order valence-electron chi connectivity index (χ4n) is 3.52. The number of rotatable bonds is 9. The van der Waals surface area contributed by atoms with E-state index < -0.39 is 17.6 Å². The number of hydrogen-bond donors (Lipinski definition) is 3. The van der Waals surface area contributed by atoms with Gasteiger partial charge in [0.15, 0.2) is 5.60 Å². The number of halogens is 1. The van der Waals surface area contributed by atoms with Crippen LogP contribution in [-0.2, 0) is 11.2 Å². The number of aromatic nitrogens is 1. The molecule has 0 saturated heterocycles. The van der Waals surface area contributed by atoms with Gasteiger partial charge in [0.1, 0.15) is 18.1 Å².